The summed E-state index contributed by atoms with van der Waals surface area (Å²) in [5, 5.41) is 0. The summed E-state index contributed by atoms with van der Waals surface area (Å²) in [4.78, 5) is 16.7. The molecule has 3 nitrogen and oxygen atoms in total. The molecular formula is C15H18N2OS. The Kier molecular flexibility index (Phi) is 4.43. The minimum absolute atomic E-state index is 0.106. The van der Waals surface area contributed by atoms with E-state index in [-0.39, 0.29) is 5.78 Å². The highest BCUT2D eigenvalue weighted by Crippen LogP contribution is 2.24. The summed E-state index contributed by atoms with van der Waals surface area (Å²) in [6, 6.07) is 8.18. The van der Waals surface area contributed by atoms with Crippen LogP contribution in [0.4, 0.5) is 0 Å². The van der Waals surface area contributed by atoms with Gasteiger partial charge in [-0.25, -0.2) is 4.98 Å². The minimum Gasteiger partial charge on any atom is -0.331 e. The monoisotopic (exact) mass is 274 g/mol. The molecule has 2 aromatic rings. The van der Waals surface area contributed by atoms with E-state index in [1.165, 1.54) is 5.69 Å². The second-order valence-electron chi connectivity index (χ2n) is 4.76. The molecule has 4 heteroatoms. The molecule has 0 N–H and O–H groups in total. The van der Waals surface area contributed by atoms with Crippen molar-refractivity contribution in [3.8, 4) is 0 Å². The molecule has 1 heterocycles. The van der Waals surface area contributed by atoms with Crippen LogP contribution in [0, 0.1) is 0 Å². The highest BCUT2D eigenvalue weighted by Gasteiger charge is 2.06. The van der Waals surface area contributed by atoms with Gasteiger partial charge in [0.15, 0.2) is 5.78 Å². The minimum atomic E-state index is 0.106. The van der Waals surface area contributed by atoms with Crippen molar-refractivity contribution in [1.29, 1.82) is 0 Å². The number of rotatable bonds is 5. The molecule has 0 aliphatic carbocycles. The SMILES string of the molecule is CC(=O)c1cccc(SCc2cncn2C(C)C)c1. The number of thioether (sulfide) groups is 1. The Morgan fingerprint density at radius 2 is 2.21 bits per heavy atom. The molecule has 0 unspecified atom stereocenters. The first-order valence-electron chi connectivity index (χ1n) is 6.32. The molecule has 100 valence electrons. The third-order valence-electron chi connectivity index (χ3n) is 2.93. The number of imidazole rings is 1. The van der Waals surface area contributed by atoms with Gasteiger partial charge in [0.25, 0.3) is 0 Å². The molecule has 0 bridgehead atoms. The number of aromatic nitrogens is 2. The lowest BCUT2D eigenvalue weighted by molar-refractivity contribution is 0.101. The van der Waals surface area contributed by atoms with Gasteiger partial charge < -0.3 is 4.57 Å². The second kappa shape index (κ2) is 6.06. The molecule has 2 rings (SSSR count). The quantitative estimate of drug-likeness (QED) is 0.611. The fraction of sp³-hybridized carbons (Fsp3) is 0.333. The first-order chi connectivity index (χ1) is 9.08. The van der Waals surface area contributed by atoms with Gasteiger partial charge in [-0.05, 0) is 32.9 Å². The van der Waals surface area contributed by atoms with Gasteiger partial charge >= 0.3 is 0 Å². The Hall–Kier alpha value is -1.55. The first kappa shape index (κ1) is 13.9. The normalized spacial score (nSPS) is 10.9. The molecule has 0 saturated heterocycles. The summed E-state index contributed by atoms with van der Waals surface area (Å²) in [6.45, 7) is 5.88. The van der Waals surface area contributed by atoms with Crippen molar-refractivity contribution in [1.82, 2.24) is 9.55 Å². The van der Waals surface area contributed by atoms with E-state index < -0.39 is 0 Å². The van der Waals surface area contributed by atoms with E-state index >= 15 is 0 Å². The van der Waals surface area contributed by atoms with Crippen molar-refractivity contribution in [2.75, 3.05) is 0 Å². The van der Waals surface area contributed by atoms with Crippen LogP contribution < -0.4 is 0 Å². The highest BCUT2D eigenvalue weighted by atomic mass is 32.2. The van der Waals surface area contributed by atoms with Crippen LogP contribution in [0.2, 0.25) is 0 Å². The van der Waals surface area contributed by atoms with Crippen molar-refractivity contribution < 1.29 is 4.79 Å². The summed E-state index contributed by atoms with van der Waals surface area (Å²) in [6.07, 6.45) is 3.77. The zero-order valence-electron chi connectivity index (χ0n) is 11.5. The molecular weight excluding hydrogens is 256 g/mol. The number of nitrogens with zero attached hydrogens (tertiary/aromatic N) is 2. The summed E-state index contributed by atoms with van der Waals surface area (Å²) < 4.78 is 2.17. The van der Waals surface area contributed by atoms with Gasteiger partial charge in [-0.3, -0.25) is 4.79 Å². The maximum absolute atomic E-state index is 11.4. The lowest BCUT2D eigenvalue weighted by Gasteiger charge is -2.11. The van der Waals surface area contributed by atoms with Gasteiger partial charge in [0.1, 0.15) is 0 Å². The van der Waals surface area contributed by atoms with Crippen molar-refractivity contribution in [3.05, 3.63) is 48.0 Å². The number of hydrogen-bond donors (Lipinski definition) is 0. The average molecular weight is 274 g/mol. The number of carbonyl (C=O) groups excluding carboxylic acids is 1. The smallest absolute Gasteiger partial charge is 0.159 e. The number of Topliss-reactive ketones (excluding diaryl/α,β-unsaturated/α-hetero) is 1. The van der Waals surface area contributed by atoms with Crippen LogP contribution in [-0.4, -0.2) is 15.3 Å². The third-order valence-corrected chi connectivity index (χ3v) is 3.96. The van der Waals surface area contributed by atoms with E-state index in [0.717, 1.165) is 16.2 Å². The predicted octanol–water partition coefficient (Wildman–Crippen LogP) is 3.96. The maximum atomic E-state index is 11.4. The van der Waals surface area contributed by atoms with Crippen molar-refractivity contribution >= 4 is 17.5 Å². The maximum Gasteiger partial charge on any atom is 0.159 e. The zero-order valence-corrected chi connectivity index (χ0v) is 12.3. The van der Waals surface area contributed by atoms with E-state index in [4.69, 9.17) is 0 Å². The number of carbonyl (C=O) groups is 1. The van der Waals surface area contributed by atoms with E-state index in [9.17, 15) is 4.79 Å². The molecule has 19 heavy (non-hydrogen) atoms. The molecule has 0 spiro atoms. The summed E-state index contributed by atoms with van der Waals surface area (Å²) in [5.74, 6) is 0.967. The molecule has 0 atom stereocenters. The number of ketones is 1. The molecule has 1 aromatic heterocycles. The molecule has 1 aromatic carbocycles. The Balaban J connectivity index is 2.08. The number of hydrogen-bond acceptors (Lipinski definition) is 3. The Bertz CT molecular complexity index is 575. The topological polar surface area (TPSA) is 34.9 Å². The van der Waals surface area contributed by atoms with Crippen LogP contribution in [0.25, 0.3) is 0 Å². The van der Waals surface area contributed by atoms with Gasteiger partial charge in [0.05, 0.1) is 6.33 Å². The summed E-state index contributed by atoms with van der Waals surface area (Å²) in [5.41, 5.74) is 1.97. The van der Waals surface area contributed by atoms with Crippen molar-refractivity contribution in [3.63, 3.8) is 0 Å². The molecule has 0 amide bonds. The van der Waals surface area contributed by atoms with E-state index in [0.29, 0.717) is 6.04 Å². The lowest BCUT2D eigenvalue weighted by Crippen LogP contribution is -2.02. The van der Waals surface area contributed by atoms with E-state index in [1.807, 2.05) is 36.8 Å². The fourth-order valence-corrected chi connectivity index (χ4v) is 2.79. The molecule has 0 aliphatic heterocycles. The summed E-state index contributed by atoms with van der Waals surface area (Å²) >= 11 is 1.73. The van der Waals surface area contributed by atoms with E-state index in [2.05, 4.69) is 23.4 Å². The molecule has 0 radical (unpaired) electrons. The standard InChI is InChI=1S/C15H18N2OS/c1-11(2)17-10-16-8-14(17)9-19-15-6-4-5-13(7-15)12(3)18/h4-8,10-11H,9H2,1-3H3. The van der Waals surface area contributed by atoms with Gasteiger partial charge in [0, 0.05) is 34.1 Å². The molecule has 0 saturated carbocycles. The average Bonchev–Trinajstić information content (AvgIpc) is 2.85. The van der Waals surface area contributed by atoms with Crippen molar-refractivity contribution in [2.45, 2.75) is 37.5 Å². The fourth-order valence-electron chi connectivity index (χ4n) is 1.87. The van der Waals surface area contributed by atoms with Gasteiger partial charge in [0.2, 0.25) is 0 Å². The third kappa shape index (κ3) is 3.47. The van der Waals surface area contributed by atoms with Gasteiger partial charge in [-0.2, -0.15) is 0 Å². The van der Waals surface area contributed by atoms with Crippen LogP contribution >= 0.6 is 11.8 Å². The number of benzene rings is 1. The van der Waals surface area contributed by atoms with Crippen molar-refractivity contribution in [2.24, 2.45) is 0 Å². The zero-order chi connectivity index (χ0) is 13.8. The second-order valence-corrected chi connectivity index (χ2v) is 5.81. The van der Waals surface area contributed by atoms with Gasteiger partial charge in [-0.1, -0.05) is 12.1 Å². The van der Waals surface area contributed by atoms with Crippen LogP contribution in [0.3, 0.4) is 0 Å². The van der Waals surface area contributed by atoms with E-state index in [1.54, 1.807) is 18.7 Å². The molecule has 0 fully saturated rings. The molecule has 0 aliphatic rings. The van der Waals surface area contributed by atoms with Crippen LogP contribution in [0.1, 0.15) is 42.9 Å². The van der Waals surface area contributed by atoms with Gasteiger partial charge in [-0.15, -0.1) is 11.8 Å². The highest BCUT2D eigenvalue weighted by molar-refractivity contribution is 7.98. The van der Waals surface area contributed by atoms with Crippen LogP contribution in [0.15, 0.2) is 41.7 Å². The van der Waals surface area contributed by atoms with Crippen LogP contribution in [-0.2, 0) is 5.75 Å². The lowest BCUT2D eigenvalue weighted by atomic mass is 10.2. The predicted molar refractivity (Wildman–Crippen MR) is 78.6 cm³/mol. The largest absolute Gasteiger partial charge is 0.331 e. The Morgan fingerprint density at radius 1 is 1.42 bits per heavy atom. The Labute approximate surface area is 118 Å². The summed E-state index contributed by atoms with van der Waals surface area (Å²) in [7, 11) is 0. The first-order valence-corrected chi connectivity index (χ1v) is 7.31. The Morgan fingerprint density at radius 3 is 2.89 bits per heavy atom. The van der Waals surface area contributed by atoms with Crippen LogP contribution in [0.5, 0.6) is 0 Å².